The molecule has 0 amide bonds. The molecule has 0 atom stereocenters. The van der Waals surface area contributed by atoms with Crippen LogP contribution in [0.1, 0.15) is 31.7 Å². The Morgan fingerprint density at radius 1 is 1.47 bits per heavy atom. The summed E-state index contributed by atoms with van der Waals surface area (Å²) >= 11 is 11.9. The zero-order valence-electron chi connectivity index (χ0n) is 10.1. The molecule has 0 aromatic carbocycles. The van der Waals surface area contributed by atoms with E-state index < -0.39 is 0 Å². The third kappa shape index (κ3) is 3.49. The second-order valence-electron chi connectivity index (χ2n) is 4.66. The molecule has 0 radical (unpaired) electrons. The van der Waals surface area contributed by atoms with Gasteiger partial charge in [-0.25, -0.2) is 4.98 Å². The fourth-order valence-electron chi connectivity index (χ4n) is 1.92. The first-order chi connectivity index (χ1) is 8.24. The highest BCUT2D eigenvalue weighted by atomic mass is 35.5. The monoisotopic (exact) mass is 272 g/mol. The fraction of sp³-hybridized carbons (Fsp3) is 0.615. The average molecular weight is 273 g/mol. The fourth-order valence-corrected chi connectivity index (χ4v) is 2.38. The maximum absolute atomic E-state index is 6.03. The van der Waals surface area contributed by atoms with E-state index in [-0.39, 0.29) is 0 Å². The van der Waals surface area contributed by atoms with Gasteiger partial charge in [-0.15, -0.1) is 11.6 Å². The molecule has 1 aromatic rings. The summed E-state index contributed by atoms with van der Waals surface area (Å²) in [5.74, 6) is 2.31. The van der Waals surface area contributed by atoms with Crippen molar-refractivity contribution < 1.29 is 0 Å². The molecule has 17 heavy (non-hydrogen) atoms. The van der Waals surface area contributed by atoms with Gasteiger partial charge in [-0.3, -0.25) is 0 Å². The number of pyridine rings is 1. The summed E-state index contributed by atoms with van der Waals surface area (Å²) in [5.41, 5.74) is 0.968. The number of alkyl halides is 1. The molecule has 2 rings (SSSR count). The quantitative estimate of drug-likeness (QED) is 0.725. The molecule has 1 aliphatic carbocycles. The lowest BCUT2D eigenvalue weighted by Gasteiger charge is -2.23. The van der Waals surface area contributed by atoms with Crippen LogP contribution < -0.4 is 4.90 Å². The largest absolute Gasteiger partial charge is 0.356 e. The van der Waals surface area contributed by atoms with Gasteiger partial charge < -0.3 is 4.90 Å². The van der Waals surface area contributed by atoms with E-state index in [9.17, 15) is 0 Å². The van der Waals surface area contributed by atoms with Gasteiger partial charge >= 0.3 is 0 Å². The minimum Gasteiger partial charge on any atom is -0.356 e. The molecule has 0 aliphatic heterocycles. The Hall–Kier alpha value is -0.470. The van der Waals surface area contributed by atoms with Crippen molar-refractivity contribution in [2.24, 2.45) is 5.92 Å². The first-order valence-electron chi connectivity index (χ1n) is 6.20. The van der Waals surface area contributed by atoms with Crippen molar-refractivity contribution in [2.75, 3.05) is 18.0 Å². The second-order valence-corrected chi connectivity index (χ2v) is 5.33. The summed E-state index contributed by atoms with van der Waals surface area (Å²) in [4.78, 5) is 6.77. The molecule has 0 unspecified atom stereocenters. The van der Waals surface area contributed by atoms with Gasteiger partial charge in [0.15, 0.2) is 0 Å². The lowest BCUT2D eigenvalue weighted by Crippen LogP contribution is -2.27. The minimum atomic E-state index is 0.442. The maximum atomic E-state index is 6.03. The molecule has 0 spiro atoms. The van der Waals surface area contributed by atoms with Crippen molar-refractivity contribution in [1.29, 1.82) is 0 Å². The van der Waals surface area contributed by atoms with Crippen LogP contribution in [-0.2, 0) is 5.88 Å². The highest BCUT2D eigenvalue weighted by Crippen LogP contribution is 2.31. The van der Waals surface area contributed by atoms with E-state index in [0.717, 1.165) is 36.8 Å². The van der Waals surface area contributed by atoms with Crippen molar-refractivity contribution in [2.45, 2.75) is 32.1 Å². The van der Waals surface area contributed by atoms with E-state index in [2.05, 4.69) is 16.8 Å². The first-order valence-corrected chi connectivity index (χ1v) is 7.11. The Labute approximate surface area is 113 Å². The molecule has 0 saturated heterocycles. The van der Waals surface area contributed by atoms with Gasteiger partial charge in [0.05, 0.1) is 5.02 Å². The van der Waals surface area contributed by atoms with E-state index in [0.29, 0.717) is 10.9 Å². The van der Waals surface area contributed by atoms with Gasteiger partial charge in [0.2, 0.25) is 0 Å². The number of aromatic nitrogens is 1. The van der Waals surface area contributed by atoms with Crippen LogP contribution in [0.5, 0.6) is 0 Å². The normalized spacial score (nSPS) is 15.0. The molecule has 1 aliphatic rings. The van der Waals surface area contributed by atoms with Crippen LogP contribution in [0.3, 0.4) is 0 Å². The predicted octanol–water partition coefficient (Wildman–Crippen LogP) is 4.10. The third-order valence-electron chi connectivity index (χ3n) is 3.06. The minimum absolute atomic E-state index is 0.442. The molecule has 1 heterocycles. The summed E-state index contributed by atoms with van der Waals surface area (Å²) in [6.07, 6.45) is 5.56. The van der Waals surface area contributed by atoms with Gasteiger partial charge in [0.1, 0.15) is 5.82 Å². The van der Waals surface area contributed by atoms with E-state index in [4.69, 9.17) is 23.2 Å². The Morgan fingerprint density at radius 3 is 2.82 bits per heavy atom. The van der Waals surface area contributed by atoms with E-state index in [1.54, 1.807) is 6.20 Å². The van der Waals surface area contributed by atoms with Gasteiger partial charge in [0.25, 0.3) is 0 Å². The zero-order valence-corrected chi connectivity index (χ0v) is 11.6. The van der Waals surface area contributed by atoms with E-state index in [1.807, 2.05) is 6.07 Å². The molecular weight excluding hydrogens is 255 g/mol. The number of anilines is 1. The van der Waals surface area contributed by atoms with Crippen LogP contribution >= 0.6 is 23.2 Å². The van der Waals surface area contributed by atoms with Crippen LogP contribution in [-0.4, -0.2) is 18.1 Å². The van der Waals surface area contributed by atoms with Crippen LogP contribution in [0.2, 0.25) is 5.02 Å². The molecule has 4 heteroatoms. The van der Waals surface area contributed by atoms with Crippen molar-refractivity contribution in [3.8, 4) is 0 Å². The number of nitrogens with zero attached hydrogens (tertiary/aromatic N) is 2. The first kappa shape index (κ1) is 13.0. The number of hydrogen-bond acceptors (Lipinski definition) is 2. The average Bonchev–Trinajstić information content (AvgIpc) is 3.13. The number of halogens is 2. The summed E-state index contributed by atoms with van der Waals surface area (Å²) < 4.78 is 0. The predicted molar refractivity (Wildman–Crippen MR) is 74.0 cm³/mol. The Morgan fingerprint density at radius 2 is 2.24 bits per heavy atom. The summed E-state index contributed by atoms with van der Waals surface area (Å²) in [6, 6.07) is 2.02. The van der Waals surface area contributed by atoms with Crippen LogP contribution in [0.4, 0.5) is 5.82 Å². The van der Waals surface area contributed by atoms with Crippen molar-refractivity contribution >= 4 is 29.0 Å². The molecule has 2 nitrogen and oxygen atoms in total. The summed E-state index contributed by atoms with van der Waals surface area (Å²) in [6.45, 7) is 4.36. The lowest BCUT2D eigenvalue weighted by molar-refractivity contribution is 0.699. The lowest BCUT2D eigenvalue weighted by atomic mass is 10.2. The SMILES string of the molecule is CCCN(CC1CC1)c1cc(CCl)c(Cl)cn1. The number of hydrogen-bond donors (Lipinski definition) is 0. The van der Waals surface area contributed by atoms with Crippen molar-refractivity contribution in [3.63, 3.8) is 0 Å². The van der Waals surface area contributed by atoms with Crippen LogP contribution in [0.15, 0.2) is 12.3 Å². The Kier molecular flexibility index (Phi) is 4.52. The number of rotatable bonds is 6. The molecule has 1 fully saturated rings. The molecule has 0 N–H and O–H groups in total. The van der Waals surface area contributed by atoms with E-state index in [1.165, 1.54) is 12.8 Å². The summed E-state index contributed by atoms with van der Waals surface area (Å²) in [7, 11) is 0. The topological polar surface area (TPSA) is 16.1 Å². The molecule has 1 saturated carbocycles. The van der Waals surface area contributed by atoms with Gasteiger partial charge in [0, 0.05) is 25.2 Å². The van der Waals surface area contributed by atoms with Crippen molar-refractivity contribution in [1.82, 2.24) is 4.98 Å². The zero-order chi connectivity index (χ0) is 12.3. The van der Waals surface area contributed by atoms with Gasteiger partial charge in [-0.05, 0) is 36.8 Å². The standard InChI is InChI=1S/C13H18Cl2N2/c1-2-5-17(9-10-3-4-10)13-6-11(7-14)12(15)8-16-13/h6,8,10H,2-5,7,9H2,1H3. The van der Waals surface area contributed by atoms with E-state index >= 15 is 0 Å². The molecule has 1 aromatic heterocycles. The molecule has 0 bridgehead atoms. The summed E-state index contributed by atoms with van der Waals surface area (Å²) in [5, 5.41) is 0.659. The van der Waals surface area contributed by atoms with Crippen LogP contribution in [0, 0.1) is 5.92 Å². The Bertz CT molecular complexity index is 378. The van der Waals surface area contributed by atoms with Gasteiger partial charge in [-0.1, -0.05) is 18.5 Å². The molecular formula is C13H18Cl2N2. The Balaban J connectivity index is 2.15. The third-order valence-corrected chi connectivity index (χ3v) is 3.69. The second kappa shape index (κ2) is 5.92. The van der Waals surface area contributed by atoms with Gasteiger partial charge in [-0.2, -0.15) is 0 Å². The highest BCUT2D eigenvalue weighted by molar-refractivity contribution is 6.32. The molecule has 94 valence electrons. The maximum Gasteiger partial charge on any atom is 0.128 e. The van der Waals surface area contributed by atoms with Crippen molar-refractivity contribution in [3.05, 3.63) is 22.8 Å². The van der Waals surface area contributed by atoms with Crippen LogP contribution in [0.25, 0.3) is 0 Å². The highest BCUT2D eigenvalue weighted by Gasteiger charge is 2.24. The smallest absolute Gasteiger partial charge is 0.128 e.